The smallest absolute Gasteiger partial charge is 0.0310 e. The van der Waals surface area contributed by atoms with Crippen LogP contribution in [0.25, 0.3) is 0 Å². The molecule has 0 aromatic carbocycles. The summed E-state index contributed by atoms with van der Waals surface area (Å²) >= 11 is 0. The van der Waals surface area contributed by atoms with Crippen molar-refractivity contribution in [1.82, 2.24) is 0 Å². The molecule has 0 unspecified atom stereocenters. The summed E-state index contributed by atoms with van der Waals surface area (Å²) in [7, 11) is 3.30. The first kappa shape index (κ1) is 7.17. The fraction of sp³-hybridized carbons (Fsp3) is 0.833. The SMILES string of the molecule is CCCCCC=P. The second kappa shape index (κ2) is 6.17. The minimum absolute atomic E-state index is 1.21. The first-order valence-electron chi connectivity index (χ1n) is 2.90. The maximum absolute atomic E-state index is 3.30. The molecular weight excluding hydrogens is 103 g/mol. The van der Waals surface area contributed by atoms with Crippen LogP contribution < -0.4 is 0 Å². The van der Waals surface area contributed by atoms with Crippen molar-refractivity contribution in [3.8, 4) is 0 Å². The number of unbranched alkanes of at least 4 members (excludes halogenated alkanes) is 3. The zero-order valence-electron chi connectivity index (χ0n) is 4.91. The fourth-order valence-electron chi connectivity index (χ4n) is 0.496. The van der Waals surface area contributed by atoms with Gasteiger partial charge in [-0.3, -0.25) is 0 Å². The topological polar surface area (TPSA) is 0 Å². The number of rotatable bonds is 4. The van der Waals surface area contributed by atoms with Crippen molar-refractivity contribution in [3.05, 3.63) is 0 Å². The van der Waals surface area contributed by atoms with Crippen molar-refractivity contribution < 1.29 is 0 Å². The van der Waals surface area contributed by atoms with Crippen LogP contribution in [-0.2, 0) is 0 Å². The Labute approximate surface area is 48.2 Å². The van der Waals surface area contributed by atoms with Gasteiger partial charge in [-0.05, 0) is 12.8 Å². The second-order valence-corrected chi connectivity index (χ2v) is 2.11. The summed E-state index contributed by atoms with van der Waals surface area (Å²) in [5, 5.41) is 0. The van der Waals surface area contributed by atoms with Gasteiger partial charge in [-0.1, -0.05) is 25.6 Å². The van der Waals surface area contributed by atoms with Crippen LogP contribution in [0.2, 0.25) is 0 Å². The lowest BCUT2D eigenvalue weighted by atomic mass is 10.2. The normalized spacial score (nSPS) is 8.71. The summed E-state index contributed by atoms with van der Waals surface area (Å²) in [6, 6.07) is 0. The molecule has 0 aliphatic heterocycles. The van der Waals surface area contributed by atoms with Crippen molar-refractivity contribution in [3.63, 3.8) is 0 Å². The van der Waals surface area contributed by atoms with Crippen LogP contribution in [0.4, 0.5) is 0 Å². The average Bonchev–Trinajstić information content (AvgIpc) is 1.69. The highest BCUT2D eigenvalue weighted by Crippen LogP contribution is 1.95. The van der Waals surface area contributed by atoms with E-state index >= 15 is 0 Å². The summed E-state index contributed by atoms with van der Waals surface area (Å²) in [6.07, 6.45) is 5.23. The van der Waals surface area contributed by atoms with Gasteiger partial charge in [-0.15, -0.1) is 8.86 Å². The van der Waals surface area contributed by atoms with E-state index in [9.17, 15) is 0 Å². The van der Waals surface area contributed by atoms with E-state index in [2.05, 4.69) is 15.8 Å². The summed E-state index contributed by atoms with van der Waals surface area (Å²) in [5.74, 6) is 2.04. The van der Waals surface area contributed by atoms with Gasteiger partial charge in [0.15, 0.2) is 0 Å². The molecule has 0 atom stereocenters. The Kier molecular flexibility index (Phi) is 6.32. The van der Waals surface area contributed by atoms with Crippen molar-refractivity contribution in [1.29, 1.82) is 0 Å². The van der Waals surface area contributed by atoms with E-state index in [4.69, 9.17) is 0 Å². The largest absolute Gasteiger partial charge is 0.127 e. The molecule has 7 heavy (non-hydrogen) atoms. The third-order valence-electron chi connectivity index (χ3n) is 0.952. The van der Waals surface area contributed by atoms with Crippen LogP contribution >= 0.6 is 8.86 Å². The molecule has 42 valence electrons. The van der Waals surface area contributed by atoms with Crippen molar-refractivity contribution in [2.45, 2.75) is 32.6 Å². The molecule has 0 N–H and O–H groups in total. The van der Waals surface area contributed by atoms with Crippen molar-refractivity contribution >= 4 is 14.7 Å². The van der Waals surface area contributed by atoms with Gasteiger partial charge < -0.3 is 0 Å². The summed E-state index contributed by atoms with van der Waals surface area (Å²) in [5.41, 5.74) is 0. The summed E-state index contributed by atoms with van der Waals surface area (Å²) in [6.45, 7) is 2.22. The molecule has 0 fully saturated rings. The van der Waals surface area contributed by atoms with Gasteiger partial charge in [-0.2, -0.15) is 0 Å². The van der Waals surface area contributed by atoms with Gasteiger partial charge >= 0.3 is 0 Å². The fourth-order valence-corrected chi connectivity index (χ4v) is 0.701. The highest BCUT2D eigenvalue weighted by molar-refractivity contribution is 7.18. The van der Waals surface area contributed by atoms with Gasteiger partial charge in [0.2, 0.25) is 0 Å². The molecule has 0 aromatic rings. The molecule has 0 aliphatic rings. The number of hydrogen-bond donors (Lipinski definition) is 0. The Balaban J connectivity index is 2.56. The lowest BCUT2D eigenvalue weighted by molar-refractivity contribution is 0.748. The van der Waals surface area contributed by atoms with E-state index in [1.165, 1.54) is 25.7 Å². The van der Waals surface area contributed by atoms with E-state index in [0.717, 1.165) is 0 Å². The maximum Gasteiger partial charge on any atom is -0.0310 e. The third kappa shape index (κ3) is 6.17. The molecule has 0 heterocycles. The molecule has 0 spiro atoms. The van der Waals surface area contributed by atoms with Crippen LogP contribution in [0.3, 0.4) is 0 Å². The Hall–Kier alpha value is 0.170. The third-order valence-corrected chi connectivity index (χ3v) is 1.24. The first-order chi connectivity index (χ1) is 3.41. The van der Waals surface area contributed by atoms with Crippen LogP contribution in [0, 0.1) is 0 Å². The quantitative estimate of drug-likeness (QED) is 0.391. The average molecular weight is 116 g/mol. The van der Waals surface area contributed by atoms with E-state index < -0.39 is 0 Å². The van der Waals surface area contributed by atoms with Gasteiger partial charge in [0.25, 0.3) is 0 Å². The lowest BCUT2D eigenvalue weighted by Gasteiger charge is -1.87. The molecule has 0 bridgehead atoms. The molecule has 0 rings (SSSR count). The van der Waals surface area contributed by atoms with Gasteiger partial charge in [-0.25, -0.2) is 0 Å². The highest BCUT2D eigenvalue weighted by atomic mass is 31.0. The zero-order chi connectivity index (χ0) is 5.54. The number of hydrogen-bond acceptors (Lipinski definition) is 0. The van der Waals surface area contributed by atoms with Gasteiger partial charge in [0.1, 0.15) is 0 Å². The minimum Gasteiger partial charge on any atom is -0.127 e. The maximum atomic E-state index is 3.30. The highest BCUT2D eigenvalue weighted by Gasteiger charge is 1.77. The van der Waals surface area contributed by atoms with Crippen molar-refractivity contribution in [2.24, 2.45) is 0 Å². The standard InChI is InChI=1S/C6H13P/c1-2-3-4-5-6-7/h6-7H,2-5H2,1H3. The van der Waals surface area contributed by atoms with Gasteiger partial charge in [0, 0.05) is 0 Å². The molecule has 0 saturated carbocycles. The van der Waals surface area contributed by atoms with Crippen LogP contribution in [0.5, 0.6) is 0 Å². The molecule has 0 aliphatic carbocycles. The van der Waals surface area contributed by atoms with Gasteiger partial charge in [0.05, 0.1) is 0 Å². The summed E-state index contributed by atoms with van der Waals surface area (Å²) < 4.78 is 0. The van der Waals surface area contributed by atoms with Crippen molar-refractivity contribution in [2.75, 3.05) is 0 Å². The Morgan fingerprint density at radius 2 is 2.14 bits per heavy atom. The molecule has 0 amide bonds. The van der Waals surface area contributed by atoms with Crippen LogP contribution in [0.15, 0.2) is 0 Å². The Bertz CT molecular complexity index is 41.4. The van der Waals surface area contributed by atoms with E-state index in [1.54, 1.807) is 0 Å². The molecular formula is C6H13P. The Morgan fingerprint density at radius 3 is 2.57 bits per heavy atom. The molecule has 0 nitrogen and oxygen atoms in total. The minimum atomic E-state index is 1.21. The van der Waals surface area contributed by atoms with Crippen LogP contribution in [-0.4, -0.2) is 5.80 Å². The van der Waals surface area contributed by atoms with E-state index in [-0.39, 0.29) is 0 Å². The molecule has 0 radical (unpaired) electrons. The lowest BCUT2D eigenvalue weighted by Crippen LogP contribution is -1.71. The molecule has 0 aromatic heterocycles. The predicted octanol–water partition coefficient (Wildman–Crippen LogP) is 2.51. The van der Waals surface area contributed by atoms with E-state index in [0.29, 0.717) is 0 Å². The summed E-state index contributed by atoms with van der Waals surface area (Å²) in [4.78, 5) is 0. The monoisotopic (exact) mass is 116 g/mol. The van der Waals surface area contributed by atoms with Crippen LogP contribution in [0.1, 0.15) is 32.6 Å². The Morgan fingerprint density at radius 1 is 1.43 bits per heavy atom. The predicted molar refractivity (Wildman–Crippen MR) is 38.5 cm³/mol. The first-order valence-corrected chi connectivity index (χ1v) is 3.48. The second-order valence-electron chi connectivity index (χ2n) is 1.70. The molecule has 0 saturated heterocycles. The van der Waals surface area contributed by atoms with E-state index in [1.807, 2.05) is 5.80 Å². The zero-order valence-corrected chi connectivity index (χ0v) is 5.91. The molecule has 1 heteroatoms.